The van der Waals surface area contributed by atoms with Crippen molar-refractivity contribution < 1.29 is 24.2 Å². The van der Waals surface area contributed by atoms with E-state index in [0.717, 1.165) is 18.5 Å². The largest absolute Gasteiger partial charge is 0.396 e. The third-order valence-electron chi connectivity index (χ3n) is 9.75. The first-order valence-electron chi connectivity index (χ1n) is 16.2. The van der Waals surface area contributed by atoms with Crippen molar-refractivity contribution in [2.24, 2.45) is 17.3 Å². The number of fused-ring (bicyclic) bond motifs is 1. The van der Waals surface area contributed by atoms with Gasteiger partial charge >= 0.3 is 0 Å². The highest BCUT2D eigenvalue weighted by molar-refractivity contribution is 6.03. The van der Waals surface area contributed by atoms with E-state index in [1.807, 2.05) is 42.2 Å². The molecular formula is C36H53N3O5. The van der Waals surface area contributed by atoms with Crippen LogP contribution in [0.4, 0.5) is 5.69 Å². The Labute approximate surface area is 264 Å². The zero-order valence-corrected chi connectivity index (χ0v) is 27.7. The smallest absolute Gasteiger partial charge is 0.249 e. The fourth-order valence-electron chi connectivity index (χ4n) is 8.43. The van der Waals surface area contributed by atoms with Crippen LogP contribution in [0, 0.1) is 17.3 Å². The predicted molar refractivity (Wildman–Crippen MR) is 174 cm³/mol. The number of aliphatic hydroxyl groups is 1. The van der Waals surface area contributed by atoms with Gasteiger partial charge in [0.1, 0.15) is 11.6 Å². The molecule has 1 aromatic carbocycles. The van der Waals surface area contributed by atoms with E-state index in [1.165, 1.54) is 0 Å². The zero-order valence-electron chi connectivity index (χ0n) is 27.7. The maximum absolute atomic E-state index is 14.9. The van der Waals surface area contributed by atoms with E-state index in [-0.39, 0.29) is 29.7 Å². The number of rotatable bonds is 14. The molecule has 8 heteroatoms. The number of nitrogens with zero attached hydrogens (tertiary/aromatic N) is 3. The number of hydrogen-bond acceptors (Lipinski definition) is 5. The molecule has 1 aromatic rings. The lowest BCUT2D eigenvalue weighted by Gasteiger charge is -2.45. The number of amides is 3. The van der Waals surface area contributed by atoms with Gasteiger partial charge in [-0.1, -0.05) is 51.1 Å². The Bertz CT molecular complexity index is 1240. The molecule has 0 saturated carbocycles. The van der Waals surface area contributed by atoms with Crippen molar-refractivity contribution >= 4 is 23.4 Å². The quantitative estimate of drug-likeness (QED) is 0.227. The minimum atomic E-state index is -1.10. The van der Waals surface area contributed by atoms with Crippen LogP contribution in [0.1, 0.15) is 80.1 Å². The molecule has 44 heavy (non-hydrogen) atoms. The molecule has 3 heterocycles. The average Bonchev–Trinajstić information content (AvgIpc) is 3.51. The standard InChI is InChI=1S/C36H53N3O5/c1-9-21-37(26-17-13-11-14-18-26)30(41)27-28-31(42)38(23-15-12-16-24-40)29(36(28)20-19-35(27,8)44-36)32(43)39(22-10-2)34(6,7)25-33(3,4)5/h9-11,13-14,17-18,27-29,40H,1-2,12,15-16,19-25H2,3-8H3/t27-,28-,29?,35+,36?/m0/s1. The number of benzene rings is 1. The summed E-state index contributed by atoms with van der Waals surface area (Å²) in [6, 6.07) is 8.59. The Hall–Kier alpha value is -2.97. The highest BCUT2D eigenvalue weighted by Crippen LogP contribution is 2.63. The number of anilines is 1. The molecule has 0 radical (unpaired) electrons. The number of aliphatic hydroxyl groups excluding tert-OH is 1. The minimum Gasteiger partial charge on any atom is -0.396 e. The third kappa shape index (κ3) is 6.12. The van der Waals surface area contributed by atoms with Crippen molar-refractivity contribution in [1.82, 2.24) is 9.80 Å². The van der Waals surface area contributed by atoms with Crippen LogP contribution in [0.25, 0.3) is 0 Å². The topological polar surface area (TPSA) is 90.4 Å². The number of carbonyl (C=O) groups excluding carboxylic acids is 3. The van der Waals surface area contributed by atoms with E-state index in [0.29, 0.717) is 45.3 Å². The SMILES string of the molecule is C=CCN(C(=O)[C@@H]1[C@H]2C(=O)N(CCCCCO)C(C(=O)N(CC=C)C(C)(C)CC(C)(C)C)C23CC[C@@]1(C)O3)c1ccccc1. The van der Waals surface area contributed by atoms with Crippen LogP contribution in [-0.2, 0) is 19.1 Å². The molecule has 5 atom stereocenters. The molecule has 0 aliphatic carbocycles. The van der Waals surface area contributed by atoms with E-state index in [2.05, 4.69) is 47.8 Å². The zero-order chi connectivity index (χ0) is 32.5. The van der Waals surface area contributed by atoms with Gasteiger partial charge in [0.2, 0.25) is 17.7 Å². The van der Waals surface area contributed by atoms with Crippen LogP contribution in [0.3, 0.4) is 0 Å². The molecule has 3 aliphatic heterocycles. The number of unbranched alkanes of at least 4 members (excludes halogenated alkanes) is 2. The summed E-state index contributed by atoms with van der Waals surface area (Å²) in [5, 5.41) is 9.37. The first kappa shape index (κ1) is 33.9. The highest BCUT2D eigenvalue weighted by Gasteiger charge is 2.78. The predicted octanol–water partition coefficient (Wildman–Crippen LogP) is 5.36. The number of carbonyl (C=O) groups is 3. The molecule has 3 fully saturated rings. The summed E-state index contributed by atoms with van der Waals surface area (Å²) in [6.07, 6.45) is 7.30. The van der Waals surface area contributed by atoms with Gasteiger partial charge in [-0.25, -0.2) is 0 Å². The molecule has 242 valence electrons. The molecule has 0 aromatic heterocycles. The molecular weight excluding hydrogens is 554 g/mol. The van der Waals surface area contributed by atoms with Crippen LogP contribution >= 0.6 is 0 Å². The molecule has 2 unspecified atom stereocenters. The number of ether oxygens (including phenoxy) is 1. The van der Waals surface area contributed by atoms with Gasteiger partial charge in [0.15, 0.2) is 0 Å². The maximum atomic E-state index is 14.9. The van der Waals surface area contributed by atoms with Crippen LogP contribution in [0.2, 0.25) is 0 Å². The average molecular weight is 608 g/mol. The van der Waals surface area contributed by atoms with Crippen molar-refractivity contribution in [1.29, 1.82) is 0 Å². The Morgan fingerprint density at radius 3 is 2.27 bits per heavy atom. The molecule has 1 N–H and O–H groups in total. The summed E-state index contributed by atoms with van der Waals surface area (Å²) in [7, 11) is 0. The van der Waals surface area contributed by atoms with Crippen molar-refractivity contribution in [3.05, 3.63) is 55.6 Å². The molecule has 3 aliphatic rings. The summed E-state index contributed by atoms with van der Waals surface area (Å²) >= 11 is 0. The van der Waals surface area contributed by atoms with Gasteiger partial charge in [0, 0.05) is 37.5 Å². The lowest BCUT2D eigenvalue weighted by atomic mass is 9.65. The van der Waals surface area contributed by atoms with E-state index in [9.17, 15) is 19.5 Å². The van der Waals surface area contributed by atoms with Gasteiger partial charge in [0.05, 0.1) is 17.4 Å². The Morgan fingerprint density at radius 1 is 1.02 bits per heavy atom. The maximum Gasteiger partial charge on any atom is 0.249 e. The Morgan fingerprint density at radius 2 is 1.68 bits per heavy atom. The first-order chi connectivity index (χ1) is 20.7. The van der Waals surface area contributed by atoms with Crippen molar-refractivity contribution in [3.63, 3.8) is 0 Å². The summed E-state index contributed by atoms with van der Waals surface area (Å²) in [4.78, 5) is 49.3. The van der Waals surface area contributed by atoms with Gasteiger partial charge in [-0.05, 0) is 76.8 Å². The monoisotopic (exact) mass is 607 g/mol. The number of likely N-dealkylation sites (tertiary alicyclic amines) is 1. The molecule has 3 amide bonds. The van der Waals surface area contributed by atoms with Crippen LogP contribution in [0.5, 0.6) is 0 Å². The van der Waals surface area contributed by atoms with Crippen molar-refractivity contribution in [2.75, 3.05) is 31.1 Å². The van der Waals surface area contributed by atoms with Crippen molar-refractivity contribution in [3.8, 4) is 0 Å². The highest BCUT2D eigenvalue weighted by atomic mass is 16.5. The van der Waals surface area contributed by atoms with E-state index < -0.39 is 34.6 Å². The second-order valence-electron chi connectivity index (χ2n) is 14.9. The second-order valence-corrected chi connectivity index (χ2v) is 14.9. The normalized spacial score (nSPS) is 27.8. The van der Waals surface area contributed by atoms with Crippen LogP contribution < -0.4 is 4.90 Å². The summed E-state index contributed by atoms with van der Waals surface area (Å²) in [5.74, 6) is -2.03. The Balaban J connectivity index is 1.79. The van der Waals surface area contributed by atoms with Crippen molar-refractivity contribution in [2.45, 2.75) is 103 Å². The van der Waals surface area contributed by atoms with E-state index in [4.69, 9.17) is 4.74 Å². The fraction of sp³-hybridized carbons (Fsp3) is 0.639. The molecule has 8 nitrogen and oxygen atoms in total. The number of hydrogen-bond donors (Lipinski definition) is 1. The van der Waals surface area contributed by atoms with Crippen LogP contribution in [-0.4, -0.2) is 81.7 Å². The third-order valence-corrected chi connectivity index (χ3v) is 9.75. The summed E-state index contributed by atoms with van der Waals surface area (Å²) in [6.45, 7) is 21.5. The van der Waals surface area contributed by atoms with Gasteiger partial charge in [-0.3, -0.25) is 14.4 Å². The summed E-state index contributed by atoms with van der Waals surface area (Å²) < 4.78 is 6.92. The lowest BCUT2D eigenvalue weighted by Crippen LogP contribution is -2.61. The first-order valence-corrected chi connectivity index (χ1v) is 16.2. The van der Waals surface area contributed by atoms with Gasteiger partial charge in [-0.15, -0.1) is 13.2 Å². The fourth-order valence-corrected chi connectivity index (χ4v) is 8.43. The summed E-state index contributed by atoms with van der Waals surface area (Å²) in [5.41, 5.74) is -1.81. The van der Waals surface area contributed by atoms with E-state index in [1.54, 1.807) is 22.0 Å². The van der Waals surface area contributed by atoms with Gasteiger partial charge < -0.3 is 24.5 Å². The second kappa shape index (κ2) is 12.8. The van der Waals surface area contributed by atoms with E-state index >= 15 is 0 Å². The Kier molecular flexibility index (Phi) is 9.86. The minimum absolute atomic E-state index is 0.0428. The van der Waals surface area contributed by atoms with Gasteiger partial charge in [0.25, 0.3) is 0 Å². The van der Waals surface area contributed by atoms with Gasteiger partial charge in [-0.2, -0.15) is 0 Å². The molecule has 2 bridgehead atoms. The molecule has 3 saturated heterocycles. The molecule has 4 rings (SSSR count). The lowest BCUT2D eigenvalue weighted by molar-refractivity contribution is -0.155. The van der Waals surface area contributed by atoms with Crippen LogP contribution in [0.15, 0.2) is 55.6 Å². The number of para-hydroxylation sites is 1. The molecule has 1 spiro atoms.